The zero-order valence-corrected chi connectivity index (χ0v) is 12.2. The third kappa shape index (κ3) is 3.30. The third-order valence-corrected chi connectivity index (χ3v) is 4.43. The van der Waals surface area contributed by atoms with Crippen LogP contribution in [0.25, 0.3) is 0 Å². The lowest BCUT2D eigenvalue weighted by atomic mass is 9.85. The van der Waals surface area contributed by atoms with E-state index in [0.29, 0.717) is 6.61 Å². The van der Waals surface area contributed by atoms with E-state index in [0.717, 1.165) is 42.9 Å². The second-order valence-corrected chi connectivity index (χ2v) is 5.67. The van der Waals surface area contributed by atoms with Gasteiger partial charge in [-0.2, -0.15) is 0 Å². The first-order chi connectivity index (χ1) is 9.19. The van der Waals surface area contributed by atoms with Crippen LogP contribution in [0.4, 0.5) is 0 Å². The smallest absolute Gasteiger partial charge is 0.125 e. The fourth-order valence-corrected chi connectivity index (χ4v) is 3.21. The molecule has 2 heteroatoms. The predicted molar refractivity (Wildman–Crippen MR) is 78.4 cm³/mol. The Hall–Kier alpha value is -1.02. The van der Waals surface area contributed by atoms with Gasteiger partial charge >= 0.3 is 0 Å². The summed E-state index contributed by atoms with van der Waals surface area (Å²) >= 11 is 0. The molecule has 0 aliphatic heterocycles. The predicted octanol–water partition coefficient (Wildman–Crippen LogP) is 4.26. The summed E-state index contributed by atoms with van der Waals surface area (Å²) in [6.45, 7) is 4.88. The van der Waals surface area contributed by atoms with Gasteiger partial charge in [0.1, 0.15) is 5.75 Å². The summed E-state index contributed by atoms with van der Waals surface area (Å²) in [5.41, 5.74) is 0.281. The van der Waals surface area contributed by atoms with Gasteiger partial charge < -0.3 is 9.84 Å². The highest BCUT2D eigenvalue weighted by molar-refractivity contribution is 5.38. The molecule has 2 rings (SSSR count). The second-order valence-electron chi connectivity index (χ2n) is 5.67. The van der Waals surface area contributed by atoms with Crippen LogP contribution in [-0.4, -0.2) is 11.7 Å². The van der Waals surface area contributed by atoms with E-state index in [9.17, 15) is 5.11 Å². The highest BCUT2D eigenvalue weighted by Gasteiger charge is 2.34. The van der Waals surface area contributed by atoms with Gasteiger partial charge in [0.2, 0.25) is 0 Å². The number of benzene rings is 1. The van der Waals surface area contributed by atoms with E-state index in [4.69, 9.17) is 4.74 Å². The molecule has 0 saturated heterocycles. The molecule has 2 nitrogen and oxygen atoms in total. The van der Waals surface area contributed by atoms with Crippen molar-refractivity contribution < 1.29 is 9.84 Å². The average molecular weight is 262 g/mol. The van der Waals surface area contributed by atoms with Crippen molar-refractivity contribution in [1.29, 1.82) is 0 Å². The van der Waals surface area contributed by atoms with E-state index in [2.05, 4.69) is 6.92 Å². The van der Waals surface area contributed by atoms with Crippen LogP contribution in [0.2, 0.25) is 0 Å². The average Bonchev–Trinajstić information content (AvgIpc) is 2.62. The Kier molecular flexibility index (Phi) is 4.87. The van der Waals surface area contributed by atoms with Gasteiger partial charge in [0.15, 0.2) is 0 Å². The van der Waals surface area contributed by atoms with E-state index in [-0.39, 0.29) is 0 Å². The van der Waals surface area contributed by atoms with Gasteiger partial charge in [-0.3, -0.25) is 0 Å². The van der Waals surface area contributed by atoms with Crippen molar-refractivity contribution in [3.63, 3.8) is 0 Å². The molecule has 0 radical (unpaired) electrons. The summed E-state index contributed by atoms with van der Waals surface area (Å²) in [6, 6.07) is 7.97. The van der Waals surface area contributed by atoms with Gasteiger partial charge in [-0.25, -0.2) is 0 Å². The molecule has 0 heterocycles. The largest absolute Gasteiger partial charge is 0.493 e. The van der Waals surface area contributed by atoms with Crippen LogP contribution in [0.3, 0.4) is 0 Å². The molecule has 2 unspecified atom stereocenters. The van der Waals surface area contributed by atoms with Gasteiger partial charge in [-0.15, -0.1) is 0 Å². The van der Waals surface area contributed by atoms with Gasteiger partial charge in [-0.05, 0) is 44.6 Å². The summed E-state index contributed by atoms with van der Waals surface area (Å²) in [6.07, 6.45) is 6.41. The van der Waals surface area contributed by atoms with Gasteiger partial charge in [0, 0.05) is 5.56 Å². The minimum atomic E-state index is -0.699. The van der Waals surface area contributed by atoms with Crippen LogP contribution in [0.15, 0.2) is 24.3 Å². The van der Waals surface area contributed by atoms with E-state index in [1.165, 1.54) is 12.8 Å². The summed E-state index contributed by atoms with van der Waals surface area (Å²) in [5.74, 6) is 1.62. The summed E-state index contributed by atoms with van der Waals surface area (Å²) in [7, 11) is 0. The number of ether oxygens (including phenoxy) is 1. The molecule has 106 valence electrons. The van der Waals surface area contributed by atoms with Gasteiger partial charge in [0.05, 0.1) is 12.2 Å². The summed E-state index contributed by atoms with van der Waals surface area (Å²) in [4.78, 5) is 0. The minimum absolute atomic E-state index is 0.644. The van der Waals surface area contributed by atoms with Crippen molar-refractivity contribution in [3.8, 4) is 5.75 Å². The molecule has 0 spiro atoms. The van der Waals surface area contributed by atoms with Crippen LogP contribution in [0, 0.1) is 5.92 Å². The summed E-state index contributed by atoms with van der Waals surface area (Å²) < 4.78 is 5.69. The molecule has 1 saturated carbocycles. The first kappa shape index (κ1) is 14.4. The Balaban J connectivity index is 2.23. The van der Waals surface area contributed by atoms with Gasteiger partial charge in [-0.1, -0.05) is 38.0 Å². The fraction of sp³-hybridized carbons (Fsp3) is 0.647. The molecule has 0 amide bonds. The molecular formula is C17H26O2. The van der Waals surface area contributed by atoms with Crippen LogP contribution in [0.5, 0.6) is 5.75 Å². The van der Waals surface area contributed by atoms with Gasteiger partial charge in [0.25, 0.3) is 0 Å². The second kappa shape index (κ2) is 6.42. The van der Waals surface area contributed by atoms with Crippen molar-refractivity contribution in [2.75, 3.05) is 6.61 Å². The Labute approximate surface area is 116 Å². The number of rotatable bonds is 4. The zero-order valence-electron chi connectivity index (χ0n) is 12.2. The molecule has 1 fully saturated rings. The quantitative estimate of drug-likeness (QED) is 0.821. The maximum absolute atomic E-state index is 11.1. The number of para-hydroxylation sites is 1. The molecule has 2 atom stereocenters. The standard InChI is InChI=1S/C17H26O2/c1-3-14-8-7-12-17(18,13-11-14)15-9-5-6-10-16(15)19-4-2/h5-6,9-10,14,18H,3-4,7-8,11-13H2,1-2H3. The Morgan fingerprint density at radius 1 is 1.21 bits per heavy atom. The molecule has 1 aromatic rings. The van der Waals surface area contributed by atoms with Crippen molar-refractivity contribution >= 4 is 0 Å². The van der Waals surface area contributed by atoms with Crippen molar-refractivity contribution in [1.82, 2.24) is 0 Å². The number of hydrogen-bond donors (Lipinski definition) is 1. The number of aliphatic hydroxyl groups is 1. The van der Waals surface area contributed by atoms with Crippen molar-refractivity contribution in [2.24, 2.45) is 5.92 Å². The van der Waals surface area contributed by atoms with Crippen molar-refractivity contribution in [3.05, 3.63) is 29.8 Å². The minimum Gasteiger partial charge on any atom is -0.493 e. The zero-order chi connectivity index (χ0) is 13.7. The normalized spacial score (nSPS) is 27.8. The highest BCUT2D eigenvalue weighted by Crippen LogP contribution is 2.42. The molecular weight excluding hydrogens is 236 g/mol. The highest BCUT2D eigenvalue weighted by atomic mass is 16.5. The third-order valence-electron chi connectivity index (χ3n) is 4.43. The van der Waals surface area contributed by atoms with Crippen LogP contribution < -0.4 is 4.74 Å². The fourth-order valence-electron chi connectivity index (χ4n) is 3.21. The lowest BCUT2D eigenvalue weighted by Crippen LogP contribution is -2.25. The molecule has 1 aliphatic rings. The van der Waals surface area contributed by atoms with E-state index < -0.39 is 5.60 Å². The SMILES string of the molecule is CCOc1ccccc1C1(O)CCCC(CC)CC1. The molecule has 0 aromatic heterocycles. The van der Waals surface area contributed by atoms with E-state index in [1.807, 2.05) is 31.2 Å². The molecule has 1 aromatic carbocycles. The lowest BCUT2D eigenvalue weighted by Gasteiger charge is -2.29. The molecule has 1 N–H and O–H groups in total. The van der Waals surface area contributed by atoms with Crippen LogP contribution in [-0.2, 0) is 5.60 Å². The first-order valence-corrected chi connectivity index (χ1v) is 7.64. The Morgan fingerprint density at radius 2 is 2.00 bits per heavy atom. The summed E-state index contributed by atoms with van der Waals surface area (Å²) in [5, 5.41) is 11.1. The van der Waals surface area contributed by atoms with Crippen molar-refractivity contribution in [2.45, 2.75) is 58.0 Å². The maximum Gasteiger partial charge on any atom is 0.125 e. The maximum atomic E-state index is 11.1. The Morgan fingerprint density at radius 3 is 2.74 bits per heavy atom. The molecule has 19 heavy (non-hydrogen) atoms. The van der Waals surface area contributed by atoms with Crippen LogP contribution >= 0.6 is 0 Å². The number of hydrogen-bond acceptors (Lipinski definition) is 2. The monoisotopic (exact) mass is 262 g/mol. The molecule has 0 bridgehead atoms. The topological polar surface area (TPSA) is 29.5 Å². The van der Waals surface area contributed by atoms with Crippen LogP contribution in [0.1, 0.15) is 57.9 Å². The first-order valence-electron chi connectivity index (χ1n) is 7.64. The van der Waals surface area contributed by atoms with E-state index in [1.54, 1.807) is 0 Å². The van der Waals surface area contributed by atoms with E-state index >= 15 is 0 Å². The Bertz CT molecular complexity index is 402. The molecule has 1 aliphatic carbocycles. The lowest BCUT2D eigenvalue weighted by molar-refractivity contribution is 0.0170.